The first kappa shape index (κ1) is 24.0. The lowest BCUT2D eigenvalue weighted by atomic mass is 9.95. The Labute approximate surface area is 205 Å². The minimum Gasteiger partial charge on any atom is -0.503 e. The van der Waals surface area contributed by atoms with Crippen LogP contribution in [0.15, 0.2) is 71.3 Å². The summed E-state index contributed by atoms with van der Waals surface area (Å²) in [5.74, 6) is -0.751. The molecule has 35 heavy (non-hydrogen) atoms. The molecule has 1 N–H and O–H groups in total. The summed E-state index contributed by atoms with van der Waals surface area (Å²) in [7, 11) is 3.05. The quantitative estimate of drug-likeness (QED) is 0.264. The summed E-state index contributed by atoms with van der Waals surface area (Å²) in [5.41, 5.74) is 0.934. The van der Waals surface area contributed by atoms with Gasteiger partial charge in [-0.3, -0.25) is 19.7 Å². The number of ketones is 1. The Kier molecular flexibility index (Phi) is 6.83. The fourth-order valence-electron chi connectivity index (χ4n) is 4.10. The Morgan fingerprint density at radius 2 is 1.89 bits per heavy atom. The highest BCUT2D eigenvalue weighted by Gasteiger charge is 2.44. The van der Waals surface area contributed by atoms with E-state index in [1.54, 1.807) is 35.7 Å². The topological polar surface area (TPSA) is 119 Å². The highest BCUT2D eigenvalue weighted by atomic mass is 32.1. The molecule has 0 aliphatic carbocycles. The number of non-ortho nitro benzene ring substituents is 1. The number of carbonyl (C=O) groups excluding carboxylic acids is 2. The normalized spacial score (nSPS) is 15.4. The largest absolute Gasteiger partial charge is 0.503 e. The number of benzene rings is 2. The molecule has 1 atom stereocenters. The number of hydrogen-bond acceptors (Lipinski definition) is 8. The van der Waals surface area contributed by atoms with Crippen molar-refractivity contribution in [2.24, 2.45) is 0 Å². The predicted molar refractivity (Wildman–Crippen MR) is 129 cm³/mol. The Morgan fingerprint density at radius 1 is 1.11 bits per heavy atom. The minimum atomic E-state index is -0.975. The fourth-order valence-corrected chi connectivity index (χ4v) is 4.78. The summed E-state index contributed by atoms with van der Waals surface area (Å²) >= 11 is 1.19. The molecule has 180 valence electrons. The maximum Gasteiger partial charge on any atom is 0.290 e. The van der Waals surface area contributed by atoms with Crippen LogP contribution in [0.5, 0.6) is 11.5 Å². The Hall–Kier alpha value is -4.18. The van der Waals surface area contributed by atoms with Crippen LogP contribution in [0.25, 0.3) is 0 Å². The van der Waals surface area contributed by atoms with Gasteiger partial charge in [0.15, 0.2) is 17.3 Å². The van der Waals surface area contributed by atoms with Crippen molar-refractivity contribution in [3.63, 3.8) is 0 Å². The third-order valence-electron chi connectivity index (χ3n) is 5.78. The molecule has 0 fully saturated rings. The van der Waals surface area contributed by atoms with Gasteiger partial charge in [0, 0.05) is 18.7 Å². The molecule has 9 nitrogen and oxygen atoms in total. The first-order chi connectivity index (χ1) is 16.8. The van der Waals surface area contributed by atoms with Crippen LogP contribution in [0.2, 0.25) is 0 Å². The van der Waals surface area contributed by atoms with Gasteiger partial charge in [0.25, 0.3) is 11.6 Å². The molecule has 1 aliphatic heterocycles. The lowest BCUT2D eigenvalue weighted by Crippen LogP contribution is -2.33. The monoisotopic (exact) mass is 494 g/mol. The number of nitro groups is 1. The van der Waals surface area contributed by atoms with Crippen LogP contribution in [-0.2, 0) is 11.2 Å². The van der Waals surface area contributed by atoms with E-state index >= 15 is 0 Å². The number of amides is 1. The number of hydrogen-bond donors (Lipinski definition) is 1. The number of aliphatic hydroxyl groups is 1. The van der Waals surface area contributed by atoms with E-state index in [0.29, 0.717) is 28.4 Å². The number of rotatable bonds is 9. The molecule has 0 saturated carbocycles. The second-order valence-electron chi connectivity index (χ2n) is 7.76. The molecule has 10 heteroatoms. The number of methoxy groups -OCH3 is 2. The highest BCUT2D eigenvalue weighted by molar-refractivity contribution is 7.12. The van der Waals surface area contributed by atoms with Crippen molar-refractivity contribution < 1.29 is 29.1 Å². The molecule has 0 spiro atoms. The number of aliphatic hydroxyl groups excluding tert-OH is 1. The summed E-state index contributed by atoms with van der Waals surface area (Å²) in [4.78, 5) is 39.0. The summed E-state index contributed by atoms with van der Waals surface area (Å²) < 4.78 is 10.6. The SMILES string of the molecule is COc1ccc(CCN2C(=O)C(O)=C(C(=O)c3cccs3)C2c2cccc([N+](=O)[O-])c2)cc1OC. The molecule has 0 saturated heterocycles. The first-order valence-electron chi connectivity index (χ1n) is 10.6. The number of thiophene rings is 1. The van der Waals surface area contributed by atoms with E-state index in [-0.39, 0.29) is 17.8 Å². The summed E-state index contributed by atoms with van der Waals surface area (Å²) in [6.45, 7) is 0.146. The van der Waals surface area contributed by atoms with Gasteiger partial charge in [-0.1, -0.05) is 24.3 Å². The van der Waals surface area contributed by atoms with Gasteiger partial charge >= 0.3 is 0 Å². The molecule has 2 aromatic carbocycles. The Balaban J connectivity index is 1.71. The van der Waals surface area contributed by atoms with Gasteiger partial charge in [0.2, 0.25) is 5.78 Å². The van der Waals surface area contributed by atoms with Crippen LogP contribution in [0, 0.1) is 10.1 Å². The van der Waals surface area contributed by atoms with Crippen LogP contribution < -0.4 is 9.47 Å². The molecule has 1 unspecified atom stereocenters. The van der Waals surface area contributed by atoms with Crippen LogP contribution in [-0.4, -0.2) is 47.4 Å². The maximum absolute atomic E-state index is 13.3. The molecule has 3 aromatic rings. The van der Waals surface area contributed by atoms with Gasteiger partial charge in [-0.05, 0) is 41.1 Å². The zero-order chi connectivity index (χ0) is 25.1. The van der Waals surface area contributed by atoms with Gasteiger partial charge in [-0.2, -0.15) is 0 Å². The van der Waals surface area contributed by atoms with Gasteiger partial charge in [0.1, 0.15) is 0 Å². The standard InChI is InChI=1S/C25H22N2O7S/c1-33-18-9-8-15(13-19(18)34-2)10-11-26-22(16-5-3-6-17(14-16)27(31)32)21(24(29)25(26)30)23(28)20-7-4-12-35-20/h3-9,12-14,22,29H,10-11H2,1-2H3. The van der Waals surface area contributed by atoms with Gasteiger partial charge in [-0.25, -0.2) is 0 Å². The van der Waals surface area contributed by atoms with E-state index in [1.807, 2.05) is 6.07 Å². The smallest absolute Gasteiger partial charge is 0.290 e. The van der Waals surface area contributed by atoms with Crippen LogP contribution in [0.4, 0.5) is 5.69 Å². The van der Waals surface area contributed by atoms with Crippen molar-refractivity contribution >= 4 is 28.7 Å². The van der Waals surface area contributed by atoms with Crippen molar-refractivity contribution in [3.05, 3.63) is 97.4 Å². The average molecular weight is 495 g/mol. The van der Waals surface area contributed by atoms with Gasteiger partial charge in [-0.15, -0.1) is 11.3 Å². The molecular formula is C25H22N2O7S. The summed E-state index contributed by atoms with van der Waals surface area (Å²) in [6.07, 6.45) is 0.380. The third kappa shape index (κ3) is 4.60. The second-order valence-corrected chi connectivity index (χ2v) is 8.71. The van der Waals surface area contributed by atoms with E-state index in [2.05, 4.69) is 0 Å². The van der Waals surface area contributed by atoms with Crippen molar-refractivity contribution in [3.8, 4) is 11.5 Å². The molecule has 1 amide bonds. The summed E-state index contributed by atoms with van der Waals surface area (Å²) in [5, 5.41) is 23.9. The number of nitro benzene ring substituents is 1. The average Bonchev–Trinajstić information content (AvgIpc) is 3.49. The molecule has 0 radical (unpaired) electrons. The molecule has 4 rings (SSSR count). The van der Waals surface area contributed by atoms with E-state index in [4.69, 9.17) is 9.47 Å². The minimum absolute atomic E-state index is 0.0924. The third-order valence-corrected chi connectivity index (χ3v) is 6.65. The molecule has 1 aromatic heterocycles. The van der Waals surface area contributed by atoms with E-state index in [1.165, 1.54) is 48.7 Å². The van der Waals surface area contributed by atoms with Crippen molar-refractivity contribution in [1.82, 2.24) is 4.90 Å². The molecular weight excluding hydrogens is 472 g/mol. The predicted octanol–water partition coefficient (Wildman–Crippen LogP) is 4.49. The van der Waals surface area contributed by atoms with Crippen LogP contribution in [0.3, 0.4) is 0 Å². The number of Topliss-reactive ketones (excluding diaryl/α,β-unsaturated/α-hetero) is 1. The van der Waals surface area contributed by atoms with E-state index in [9.17, 15) is 24.8 Å². The zero-order valence-corrected chi connectivity index (χ0v) is 19.8. The Morgan fingerprint density at radius 3 is 2.54 bits per heavy atom. The van der Waals surface area contributed by atoms with Gasteiger partial charge in [0.05, 0.1) is 35.6 Å². The number of ether oxygens (including phenoxy) is 2. The lowest BCUT2D eigenvalue weighted by Gasteiger charge is -2.27. The van der Waals surface area contributed by atoms with Crippen molar-refractivity contribution in [2.75, 3.05) is 20.8 Å². The fraction of sp³-hybridized carbons (Fsp3) is 0.200. The second kappa shape index (κ2) is 9.98. The van der Waals surface area contributed by atoms with Gasteiger partial charge < -0.3 is 19.5 Å². The van der Waals surface area contributed by atoms with E-state index < -0.39 is 28.4 Å². The van der Waals surface area contributed by atoms with Crippen LogP contribution in [0.1, 0.15) is 26.8 Å². The molecule has 2 heterocycles. The lowest BCUT2D eigenvalue weighted by molar-refractivity contribution is -0.384. The van der Waals surface area contributed by atoms with Crippen molar-refractivity contribution in [2.45, 2.75) is 12.5 Å². The summed E-state index contributed by atoms with van der Waals surface area (Å²) in [6, 6.07) is 13.4. The molecule has 0 bridgehead atoms. The Bertz CT molecular complexity index is 1320. The zero-order valence-electron chi connectivity index (χ0n) is 19.0. The molecule has 1 aliphatic rings. The highest BCUT2D eigenvalue weighted by Crippen LogP contribution is 2.40. The van der Waals surface area contributed by atoms with Crippen LogP contribution >= 0.6 is 11.3 Å². The number of carbonyl (C=O) groups is 2. The van der Waals surface area contributed by atoms with E-state index in [0.717, 1.165) is 5.56 Å². The van der Waals surface area contributed by atoms with Crippen molar-refractivity contribution in [1.29, 1.82) is 0 Å². The number of nitrogens with zero attached hydrogens (tertiary/aromatic N) is 2. The first-order valence-corrected chi connectivity index (χ1v) is 11.5. The maximum atomic E-state index is 13.3.